The van der Waals surface area contributed by atoms with Crippen LogP contribution in [0.4, 0.5) is 11.5 Å². The molecule has 5 aromatic rings. The SMILES string of the molecule is NCC1CC(n2cc(-c3ccc(NC(=O)c4cccn(-c5ccccc5)c4=O)cc3)c3c(N)ncnc32)C1. The number of carbonyl (C=O) groups excluding carboxylic acids is 1. The number of pyridine rings is 1. The van der Waals surface area contributed by atoms with Crippen LogP contribution in [0.5, 0.6) is 0 Å². The maximum Gasteiger partial charge on any atom is 0.267 e. The number of nitrogen functional groups attached to an aromatic ring is 1. The molecule has 0 unspecified atom stereocenters. The first-order chi connectivity index (χ1) is 18.5. The Morgan fingerprint density at radius 1 is 1.00 bits per heavy atom. The van der Waals surface area contributed by atoms with Gasteiger partial charge in [0, 0.05) is 35.4 Å². The van der Waals surface area contributed by atoms with Crippen molar-refractivity contribution in [3.8, 4) is 16.8 Å². The molecule has 3 heterocycles. The Morgan fingerprint density at radius 3 is 2.50 bits per heavy atom. The highest BCUT2D eigenvalue weighted by molar-refractivity contribution is 6.04. The minimum absolute atomic E-state index is 0.0599. The highest BCUT2D eigenvalue weighted by Crippen LogP contribution is 2.42. The largest absolute Gasteiger partial charge is 0.383 e. The molecule has 2 aromatic carbocycles. The molecule has 9 heteroatoms. The van der Waals surface area contributed by atoms with Gasteiger partial charge in [-0.25, -0.2) is 9.97 Å². The van der Waals surface area contributed by atoms with Crippen molar-refractivity contribution < 1.29 is 4.79 Å². The van der Waals surface area contributed by atoms with Crippen LogP contribution in [0.3, 0.4) is 0 Å². The van der Waals surface area contributed by atoms with Crippen LogP contribution < -0.4 is 22.3 Å². The summed E-state index contributed by atoms with van der Waals surface area (Å²) in [5.74, 6) is 0.487. The predicted octanol–water partition coefficient (Wildman–Crippen LogP) is 3.99. The quantitative estimate of drug-likeness (QED) is 0.319. The van der Waals surface area contributed by atoms with Gasteiger partial charge in [0.05, 0.1) is 5.39 Å². The van der Waals surface area contributed by atoms with E-state index in [0.717, 1.165) is 35.0 Å². The maximum absolute atomic E-state index is 13.0. The van der Waals surface area contributed by atoms with Crippen molar-refractivity contribution in [1.29, 1.82) is 0 Å². The van der Waals surface area contributed by atoms with Gasteiger partial charge >= 0.3 is 0 Å². The maximum atomic E-state index is 13.0. The summed E-state index contributed by atoms with van der Waals surface area (Å²) in [6, 6.07) is 20.2. The number of rotatable bonds is 6. The first-order valence-corrected chi connectivity index (χ1v) is 12.5. The van der Waals surface area contributed by atoms with Crippen LogP contribution in [0.15, 0.2) is 90.2 Å². The molecule has 1 aliphatic rings. The number of carbonyl (C=O) groups is 1. The lowest BCUT2D eigenvalue weighted by molar-refractivity contribution is 0.102. The summed E-state index contributed by atoms with van der Waals surface area (Å²) in [5.41, 5.74) is 15.7. The number of hydrogen-bond acceptors (Lipinski definition) is 6. The number of nitrogens with one attached hydrogen (secondary N) is 1. The number of aromatic nitrogens is 4. The van der Waals surface area contributed by atoms with Crippen molar-refractivity contribution in [3.63, 3.8) is 0 Å². The fraction of sp³-hybridized carbons (Fsp3) is 0.172. The van der Waals surface area contributed by atoms with E-state index >= 15 is 0 Å². The lowest BCUT2D eigenvalue weighted by Gasteiger charge is -2.35. The number of amides is 1. The number of benzene rings is 2. The van der Waals surface area contributed by atoms with Gasteiger partial charge in [0.15, 0.2) is 0 Å². The summed E-state index contributed by atoms with van der Waals surface area (Å²) in [5, 5.41) is 3.65. The fourth-order valence-corrected chi connectivity index (χ4v) is 5.12. The molecule has 5 N–H and O–H groups in total. The highest BCUT2D eigenvalue weighted by atomic mass is 16.2. The molecule has 0 saturated heterocycles. The van der Waals surface area contributed by atoms with Crippen LogP contribution in [0.1, 0.15) is 29.2 Å². The van der Waals surface area contributed by atoms with Crippen molar-refractivity contribution >= 4 is 28.4 Å². The van der Waals surface area contributed by atoms with E-state index in [0.29, 0.717) is 35.7 Å². The van der Waals surface area contributed by atoms with Gasteiger partial charge in [-0.05, 0) is 67.3 Å². The van der Waals surface area contributed by atoms with Crippen molar-refractivity contribution in [3.05, 3.63) is 101 Å². The van der Waals surface area contributed by atoms with Crippen molar-refractivity contribution in [1.82, 2.24) is 19.1 Å². The van der Waals surface area contributed by atoms with Gasteiger partial charge in [-0.3, -0.25) is 14.2 Å². The minimum Gasteiger partial charge on any atom is -0.383 e. The third-order valence-corrected chi connectivity index (χ3v) is 7.26. The molecule has 3 aromatic heterocycles. The Morgan fingerprint density at radius 2 is 1.76 bits per heavy atom. The number of fused-ring (bicyclic) bond motifs is 1. The van der Waals surface area contributed by atoms with Crippen molar-refractivity contribution in [2.75, 3.05) is 17.6 Å². The van der Waals surface area contributed by atoms with Gasteiger partial charge in [0.2, 0.25) is 0 Å². The van der Waals surface area contributed by atoms with E-state index < -0.39 is 5.91 Å². The second kappa shape index (κ2) is 9.60. The molecule has 1 fully saturated rings. The van der Waals surface area contributed by atoms with E-state index in [2.05, 4.69) is 26.0 Å². The summed E-state index contributed by atoms with van der Waals surface area (Å²) in [6.45, 7) is 0.690. The van der Waals surface area contributed by atoms with E-state index in [9.17, 15) is 9.59 Å². The van der Waals surface area contributed by atoms with Crippen LogP contribution in [0.25, 0.3) is 27.8 Å². The van der Waals surface area contributed by atoms with E-state index in [4.69, 9.17) is 11.5 Å². The smallest absolute Gasteiger partial charge is 0.267 e. The number of nitrogens with two attached hydrogens (primary N) is 2. The van der Waals surface area contributed by atoms with Crippen molar-refractivity contribution in [2.24, 2.45) is 11.7 Å². The van der Waals surface area contributed by atoms with Crippen LogP contribution in [0.2, 0.25) is 0 Å². The lowest BCUT2D eigenvalue weighted by atomic mass is 9.80. The van der Waals surface area contributed by atoms with Crippen molar-refractivity contribution in [2.45, 2.75) is 18.9 Å². The van der Waals surface area contributed by atoms with Gasteiger partial charge in [-0.1, -0.05) is 30.3 Å². The summed E-state index contributed by atoms with van der Waals surface area (Å²) in [4.78, 5) is 34.7. The molecule has 0 atom stereocenters. The van der Waals surface area contributed by atoms with Crippen LogP contribution in [-0.2, 0) is 0 Å². The molecule has 0 aliphatic heterocycles. The predicted molar refractivity (Wildman–Crippen MR) is 148 cm³/mol. The molecular formula is C29H27N7O2. The zero-order valence-electron chi connectivity index (χ0n) is 20.6. The first-order valence-electron chi connectivity index (χ1n) is 12.5. The molecule has 190 valence electrons. The number of nitrogens with zero attached hydrogens (tertiary/aromatic N) is 4. The highest BCUT2D eigenvalue weighted by Gasteiger charge is 2.31. The van der Waals surface area contributed by atoms with Crippen LogP contribution in [-0.4, -0.2) is 31.6 Å². The van der Waals surface area contributed by atoms with Crippen LogP contribution >= 0.6 is 0 Å². The Balaban J connectivity index is 1.27. The number of para-hydroxylation sites is 1. The molecule has 1 aliphatic carbocycles. The van der Waals surface area contributed by atoms with Gasteiger partial charge in [0.1, 0.15) is 23.4 Å². The molecule has 1 amide bonds. The molecule has 38 heavy (non-hydrogen) atoms. The van der Waals surface area contributed by atoms with E-state index in [1.165, 1.54) is 17.0 Å². The molecule has 0 bridgehead atoms. The average molecular weight is 506 g/mol. The third-order valence-electron chi connectivity index (χ3n) is 7.26. The fourth-order valence-electron chi connectivity index (χ4n) is 5.12. The zero-order chi connectivity index (χ0) is 26.2. The van der Waals surface area contributed by atoms with E-state index in [-0.39, 0.29) is 11.1 Å². The monoisotopic (exact) mass is 505 g/mol. The summed E-state index contributed by atoms with van der Waals surface area (Å²) < 4.78 is 3.63. The Labute approximate surface area is 218 Å². The van der Waals surface area contributed by atoms with Gasteiger partial charge in [-0.2, -0.15) is 0 Å². The normalized spacial score (nSPS) is 16.8. The van der Waals surface area contributed by atoms with E-state index in [1.807, 2.05) is 54.6 Å². The zero-order valence-corrected chi connectivity index (χ0v) is 20.6. The number of anilines is 2. The van der Waals surface area contributed by atoms with Gasteiger partial charge < -0.3 is 21.4 Å². The molecule has 9 nitrogen and oxygen atoms in total. The average Bonchev–Trinajstić information content (AvgIpc) is 3.30. The molecule has 0 spiro atoms. The topological polar surface area (TPSA) is 134 Å². The molecule has 6 rings (SSSR count). The van der Waals surface area contributed by atoms with E-state index in [1.54, 1.807) is 12.3 Å². The standard InChI is InChI=1S/C29H27N7O2/c30-15-18-13-22(14-18)36-16-24(25-26(31)32-17-33-27(25)36)19-8-10-20(11-9-19)34-28(37)23-7-4-12-35(29(23)38)21-5-2-1-3-6-21/h1-12,16-18,22H,13-15,30H2,(H,34,37)(H2,31,32,33). The summed E-state index contributed by atoms with van der Waals surface area (Å²) in [7, 11) is 0. The van der Waals surface area contributed by atoms with Gasteiger partial charge in [0.25, 0.3) is 11.5 Å². The molecular weight excluding hydrogens is 478 g/mol. The Bertz CT molecular complexity index is 1680. The Hall–Kier alpha value is -4.76. The Kier molecular flexibility index (Phi) is 5.97. The molecule has 0 radical (unpaired) electrons. The number of hydrogen-bond donors (Lipinski definition) is 3. The minimum atomic E-state index is -0.471. The van der Waals surface area contributed by atoms with Gasteiger partial charge in [-0.15, -0.1) is 0 Å². The summed E-state index contributed by atoms with van der Waals surface area (Å²) in [6.07, 6.45) is 7.25. The lowest BCUT2D eigenvalue weighted by Crippen LogP contribution is -2.31. The summed E-state index contributed by atoms with van der Waals surface area (Å²) >= 11 is 0. The molecule has 1 saturated carbocycles. The van der Waals surface area contributed by atoms with Crippen LogP contribution in [0, 0.1) is 5.92 Å². The first kappa shape index (κ1) is 23.6. The second-order valence-electron chi connectivity index (χ2n) is 9.60. The third kappa shape index (κ3) is 4.12. The second-order valence-corrected chi connectivity index (χ2v) is 9.60.